The van der Waals surface area contributed by atoms with Crippen molar-refractivity contribution >= 4 is 39.4 Å². The molecule has 1 unspecified atom stereocenters. The van der Waals surface area contributed by atoms with Gasteiger partial charge in [0.2, 0.25) is 21.8 Å². The standard InChI is InChI=1S/C22H24ClN3O6S/c23-16-7-3-14(4-8-16)15-5-9-17(10-6-15)33(31,32)26-18(19(27)28)2-1-13-25-21(30)22(11-12-22)20(24)29/h3-10,18,26H,1-2,11-13H2,(H2,24,29)(H,25,30)(H,27,28). The van der Waals surface area contributed by atoms with E-state index in [9.17, 15) is 27.9 Å². The Bertz CT molecular complexity index is 1150. The summed E-state index contributed by atoms with van der Waals surface area (Å²) in [4.78, 5) is 34.9. The van der Waals surface area contributed by atoms with Crippen molar-refractivity contribution in [2.45, 2.75) is 36.6 Å². The molecule has 0 aromatic heterocycles. The van der Waals surface area contributed by atoms with Gasteiger partial charge in [0.25, 0.3) is 0 Å². The van der Waals surface area contributed by atoms with Crippen LogP contribution in [0.1, 0.15) is 25.7 Å². The van der Waals surface area contributed by atoms with Crippen LogP contribution in [0.15, 0.2) is 53.4 Å². The third-order valence-corrected chi connectivity index (χ3v) is 7.29. The summed E-state index contributed by atoms with van der Waals surface area (Å²) >= 11 is 5.88. The number of carboxylic acid groups (broad SMARTS) is 1. The molecule has 0 heterocycles. The highest BCUT2D eigenvalue weighted by atomic mass is 35.5. The predicted molar refractivity (Wildman–Crippen MR) is 122 cm³/mol. The largest absolute Gasteiger partial charge is 0.480 e. The van der Waals surface area contributed by atoms with Crippen LogP contribution < -0.4 is 15.8 Å². The number of halogens is 1. The summed E-state index contributed by atoms with van der Waals surface area (Å²) in [6.07, 6.45) is 0.919. The number of aliphatic carboxylic acids is 1. The van der Waals surface area contributed by atoms with E-state index in [1.807, 2.05) is 0 Å². The maximum absolute atomic E-state index is 12.7. The van der Waals surface area contributed by atoms with E-state index >= 15 is 0 Å². The lowest BCUT2D eigenvalue weighted by molar-refractivity contribution is -0.139. The molecule has 176 valence electrons. The van der Waals surface area contributed by atoms with Crippen LogP contribution in [0.2, 0.25) is 5.02 Å². The molecule has 33 heavy (non-hydrogen) atoms. The average molecular weight is 494 g/mol. The number of carbonyl (C=O) groups is 3. The molecule has 5 N–H and O–H groups in total. The highest BCUT2D eigenvalue weighted by molar-refractivity contribution is 7.89. The van der Waals surface area contributed by atoms with E-state index in [2.05, 4.69) is 10.0 Å². The van der Waals surface area contributed by atoms with Crippen LogP contribution in [-0.4, -0.2) is 43.9 Å². The number of hydrogen-bond donors (Lipinski definition) is 4. The van der Waals surface area contributed by atoms with Gasteiger partial charge >= 0.3 is 5.97 Å². The zero-order valence-electron chi connectivity index (χ0n) is 17.6. The fourth-order valence-electron chi connectivity index (χ4n) is 3.34. The summed E-state index contributed by atoms with van der Waals surface area (Å²) in [5.41, 5.74) is 5.71. The summed E-state index contributed by atoms with van der Waals surface area (Å²) in [6, 6.07) is 11.7. The number of sulfonamides is 1. The number of carbonyl (C=O) groups excluding carboxylic acids is 2. The van der Waals surface area contributed by atoms with Crippen LogP contribution in [0.5, 0.6) is 0 Å². The Morgan fingerprint density at radius 1 is 1.03 bits per heavy atom. The molecule has 1 saturated carbocycles. The van der Waals surface area contributed by atoms with Crippen LogP contribution in [0.3, 0.4) is 0 Å². The number of nitrogens with two attached hydrogens (primary N) is 1. The molecule has 0 spiro atoms. The zero-order valence-corrected chi connectivity index (χ0v) is 19.2. The molecule has 9 nitrogen and oxygen atoms in total. The highest BCUT2D eigenvalue weighted by Crippen LogP contribution is 2.45. The van der Waals surface area contributed by atoms with Gasteiger partial charge in [-0.05, 0) is 61.1 Å². The van der Waals surface area contributed by atoms with E-state index < -0.39 is 39.3 Å². The zero-order chi connectivity index (χ0) is 24.2. The van der Waals surface area contributed by atoms with Crippen molar-refractivity contribution in [1.29, 1.82) is 0 Å². The van der Waals surface area contributed by atoms with Crippen molar-refractivity contribution in [3.05, 3.63) is 53.6 Å². The van der Waals surface area contributed by atoms with Crippen molar-refractivity contribution < 1.29 is 27.9 Å². The number of benzene rings is 2. The number of nitrogens with one attached hydrogen (secondary N) is 2. The van der Waals surface area contributed by atoms with Crippen molar-refractivity contribution in [2.75, 3.05) is 6.54 Å². The first-order chi connectivity index (χ1) is 15.5. The van der Waals surface area contributed by atoms with Gasteiger partial charge in [-0.2, -0.15) is 4.72 Å². The summed E-state index contributed by atoms with van der Waals surface area (Å²) in [5, 5.41) is 12.6. The fourth-order valence-corrected chi connectivity index (χ4v) is 4.69. The lowest BCUT2D eigenvalue weighted by Gasteiger charge is -2.16. The topological polar surface area (TPSA) is 156 Å². The van der Waals surface area contributed by atoms with Crippen molar-refractivity contribution in [2.24, 2.45) is 11.1 Å². The van der Waals surface area contributed by atoms with Crippen LogP contribution in [-0.2, 0) is 24.4 Å². The van der Waals surface area contributed by atoms with Crippen LogP contribution in [0, 0.1) is 5.41 Å². The second-order valence-corrected chi connectivity index (χ2v) is 10.0. The molecule has 0 radical (unpaired) electrons. The van der Waals surface area contributed by atoms with Crippen LogP contribution in [0.4, 0.5) is 0 Å². The summed E-state index contributed by atoms with van der Waals surface area (Å²) in [7, 11) is -4.09. The Balaban J connectivity index is 1.58. The molecule has 0 bridgehead atoms. The smallest absolute Gasteiger partial charge is 0.321 e. The lowest BCUT2D eigenvalue weighted by atomic mass is 10.1. The molecular weight excluding hydrogens is 470 g/mol. The normalized spacial score (nSPS) is 15.4. The minimum Gasteiger partial charge on any atom is -0.480 e. The first kappa shape index (κ1) is 24.7. The average Bonchev–Trinajstić information content (AvgIpc) is 3.58. The Morgan fingerprint density at radius 2 is 1.58 bits per heavy atom. The molecule has 2 aromatic rings. The first-order valence-corrected chi connectivity index (χ1v) is 12.1. The molecule has 1 fully saturated rings. The number of carboxylic acids is 1. The van der Waals surface area contributed by atoms with Crippen molar-refractivity contribution in [3.63, 3.8) is 0 Å². The Kier molecular flexibility index (Phi) is 7.41. The second kappa shape index (κ2) is 9.90. The van der Waals surface area contributed by atoms with Gasteiger partial charge in [0.05, 0.1) is 4.90 Å². The van der Waals surface area contributed by atoms with Gasteiger partial charge in [-0.15, -0.1) is 0 Å². The fraction of sp³-hybridized carbons (Fsp3) is 0.318. The lowest BCUT2D eigenvalue weighted by Crippen LogP contribution is -2.42. The highest BCUT2D eigenvalue weighted by Gasteiger charge is 2.55. The molecule has 0 aliphatic heterocycles. The van der Waals surface area contributed by atoms with E-state index in [0.29, 0.717) is 17.9 Å². The van der Waals surface area contributed by atoms with Gasteiger partial charge in [-0.1, -0.05) is 35.9 Å². The van der Waals surface area contributed by atoms with E-state index in [-0.39, 0.29) is 24.3 Å². The van der Waals surface area contributed by atoms with Gasteiger partial charge in [0.1, 0.15) is 11.5 Å². The Labute approximate surface area is 196 Å². The van der Waals surface area contributed by atoms with Crippen molar-refractivity contribution in [3.8, 4) is 11.1 Å². The first-order valence-electron chi connectivity index (χ1n) is 10.2. The van der Waals surface area contributed by atoms with Gasteiger partial charge in [-0.3, -0.25) is 14.4 Å². The van der Waals surface area contributed by atoms with Crippen LogP contribution >= 0.6 is 11.6 Å². The summed E-state index contributed by atoms with van der Waals surface area (Å²) < 4.78 is 27.6. The number of hydrogen-bond acceptors (Lipinski definition) is 5. The Morgan fingerprint density at radius 3 is 2.06 bits per heavy atom. The van der Waals surface area contributed by atoms with Gasteiger partial charge < -0.3 is 16.2 Å². The molecule has 1 atom stereocenters. The Hall–Kier alpha value is -2.95. The number of amides is 2. The molecule has 2 aromatic carbocycles. The molecule has 3 rings (SSSR count). The van der Waals surface area contributed by atoms with Crippen LogP contribution in [0.25, 0.3) is 11.1 Å². The molecule has 1 aliphatic carbocycles. The summed E-state index contributed by atoms with van der Waals surface area (Å²) in [6.45, 7) is 0.0924. The predicted octanol–water partition coefficient (Wildman–Crippen LogP) is 1.90. The van der Waals surface area contributed by atoms with Gasteiger partial charge in [0, 0.05) is 11.6 Å². The monoisotopic (exact) mass is 493 g/mol. The van der Waals surface area contributed by atoms with Crippen molar-refractivity contribution in [1.82, 2.24) is 10.0 Å². The van der Waals surface area contributed by atoms with E-state index in [4.69, 9.17) is 17.3 Å². The number of rotatable bonds is 11. The second-order valence-electron chi connectivity index (χ2n) is 7.89. The maximum Gasteiger partial charge on any atom is 0.321 e. The van der Waals surface area contributed by atoms with Gasteiger partial charge in [-0.25, -0.2) is 8.42 Å². The molecule has 0 saturated heterocycles. The molecule has 11 heteroatoms. The summed E-state index contributed by atoms with van der Waals surface area (Å²) in [5.74, 6) is -2.50. The van der Waals surface area contributed by atoms with E-state index in [0.717, 1.165) is 11.1 Å². The molecular formula is C22H24ClN3O6S. The third-order valence-electron chi connectivity index (χ3n) is 5.55. The van der Waals surface area contributed by atoms with E-state index in [1.54, 1.807) is 36.4 Å². The minimum atomic E-state index is -4.09. The molecule has 1 aliphatic rings. The molecule has 2 amide bonds. The third kappa shape index (κ3) is 5.89. The SMILES string of the molecule is NC(=O)C1(C(=O)NCCCC(NS(=O)(=O)c2ccc(-c3ccc(Cl)cc3)cc2)C(=O)O)CC1. The maximum atomic E-state index is 12.7. The quantitative estimate of drug-likeness (QED) is 0.276. The number of primary amides is 1. The van der Waals surface area contributed by atoms with E-state index in [1.165, 1.54) is 12.1 Å². The minimum absolute atomic E-state index is 0.0543. The van der Waals surface area contributed by atoms with Gasteiger partial charge in [0.15, 0.2) is 0 Å².